The van der Waals surface area contributed by atoms with E-state index in [4.69, 9.17) is 0 Å². The van der Waals surface area contributed by atoms with Crippen molar-refractivity contribution in [3.63, 3.8) is 0 Å². The van der Waals surface area contributed by atoms with Crippen molar-refractivity contribution in [3.05, 3.63) is 94.7 Å². The van der Waals surface area contributed by atoms with Crippen LogP contribution in [0.1, 0.15) is 29.2 Å². The molecule has 6 heteroatoms. The third kappa shape index (κ3) is 4.41. The summed E-state index contributed by atoms with van der Waals surface area (Å²) in [6.45, 7) is 7.35. The second kappa shape index (κ2) is 8.74. The Hall–Kier alpha value is -4.19. The second-order valence-corrected chi connectivity index (χ2v) is 8.21. The first-order valence-corrected chi connectivity index (χ1v) is 10.7. The Labute approximate surface area is 192 Å². The Bertz CT molecular complexity index is 1290. The standard InChI is InChI=1S/C27H25N3O3/c1-16-5-8-20(9-6-16)24-25(29-22-12-10-21(11-13-22)28-19(4)31)27(33)30(26(24)32)23-14-7-17(2)18(3)15-23/h5-15,29H,1-4H3,(H,28,31). The van der Waals surface area contributed by atoms with Gasteiger partial charge in [-0.15, -0.1) is 0 Å². The molecule has 1 aliphatic heterocycles. The molecule has 0 atom stereocenters. The van der Waals surface area contributed by atoms with Crippen LogP contribution in [0.5, 0.6) is 0 Å². The van der Waals surface area contributed by atoms with E-state index in [0.29, 0.717) is 28.2 Å². The van der Waals surface area contributed by atoms with Crippen molar-refractivity contribution in [2.75, 3.05) is 15.5 Å². The van der Waals surface area contributed by atoms with Crippen molar-refractivity contribution in [3.8, 4) is 0 Å². The van der Waals surface area contributed by atoms with Gasteiger partial charge < -0.3 is 10.6 Å². The molecule has 0 spiro atoms. The fourth-order valence-corrected chi connectivity index (χ4v) is 3.72. The molecule has 0 saturated heterocycles. The molecular formula is C27H25N3O3. The Balaban J connectivity index is 1.75. The highest BCUT2D eigenvalue weighted by Gasteiger charge is 2.40. The van der Waals surface area contributed by atoms with Gasteiger partial charge >= 0.3 is 0 Å². The van der Waals surface area contributed by atoms with E-state index in [1.807, 2.05) is 57.2 Å². The molecule has 3 aromatic rings. The Kier molecular flexibility index (Phi) is 5.84. The third-order valence-corrected chi connectivity index (χ3v) is 5.65. The van der Waals surface area contributed by atoms with Gasteiger partial charge in [0.2, 0.25) is 5.91 Å². The number of hydrogen-bond donors (Lipinski definition) is 2. The van der Waals surface area contributed by atoms with Gasteiger partial charge in [-0.25, -0.2) is 4.90 Å². The lowest BCUT2D eigenvalue weighted by molar-refractivity contribution is -0.120. The van der Waals surface area contributed by atoms with Crippen LogP contribution in [-0.2, 0) is 14.4 Å². The van der Waals surface area contributed by atoms with Gasteiger partial charge in [0, 0.05) is 18.3 Å². The fourth-order valence-electron chi connectivity index (χ4n) is 3.72. The van der Waals surface area contributed by atoms with Crippen LogP contribution in [0.3, 0.4) is 0 Å². The highest BCUT2D eigenvalue weighted by molar-refractivity contribution is 6.46. The minimum Gasteiger partial charge on any atom is -0.350 e. The first-order valence-electron chi connectivity index (χ1n) is 10.7. The third-order valence-electron chi connectivity index (χ3n) is 5.65. The maximum atomic E-state index is 13.5. The van der Waals surface area contributed by atoms with Crippen molar-refractivity contribution < 1.29 is 14.4 Å². The number of carbonyl (C=O) groups is 3. The first-order chi connectivity index (χ1) is 15.7. The summed E-state index contributed by atoms with van der Waals surface area (Å²) in [4.78, 5) is 39.5. The summed E-state index contributed by atoms with van der Waals surface area (Å²) in [6, 6.07) is 20.0. The van der Waals surface area contributed by atoms with Crippen LogP contribution >= 0.6 is 0 Å². The zero-order valence-corrected chi connectivity index (χ0v) is 19.0. The number of aryl methyl sites for hydroxylation is 3. The number of benzene rings is 3. The summed E-state index contributed by atoms with van der Waals surface area (Å²) in [5, 5.41) is 5.86. The monoisotopic (exact) mass is 439 g/mol. The highest BCUT2D eigenvalue weighted by atomic mass is 16.2. The molecule has 1 aliphatic rings. The molecule has 0 aromatic heterocycles. The second-order valence-electron chi connectivity index (χ2n) is 8.21. The molecule has 0 aliphatic carbocycles. The average Bonchev–Trinajstić information content (AvgIpc) is 3.01. The number of nitrogens with zero attached hydrogens (tertiary/aromatic N) is 1. The van der Waals surface area contributed by atoms with Crippen molar-refractivity contribution in [2.45, 2.75) is 27.7 Å². The SMILES string of the molecule is CC(=O)Nc1ccc(NC2=C(c3ccc(C)cc3)C(=O)N(c3ccc(C)c(C)c3)C2=O)cc1. The van der Waals surface area contributed by atoms with Crippen molar-refractivity contribution in [1.29, 1.82) is 0 Å². The van der Waals surface area contributed by atoms with Gasteiger partial charge in [0.15, 0.2) is 0 Å². The number of amides is 3. The molecule has 33 heavy (non-hydrogen) atoms. The lowest BCUT2D eigenvalue weighted by Crippen LogP contribution is -2.32. The predicted molar refractivity (Wildman–Crippen MR) is 131 cm³/mol. The Morgan fingerprint density at radius 1 is 0.758 bits per heavy atom. The molecule has 4 rings (SSSR count). The molecule has 3 amide bonds. The van der Waals surface area contributed by atoms with Gasteiger partial charge in [-0.1, -0.05) is 35.9 Å². The van der Waals surface area contributed by atoms with Gasteiger partial charge in [-0.2, -0.15) is 0 Å². The highest BCUT2D eigenvalue weighted by Crippen LogP contribution is 2.34. The van der Waals surface area contributed by atoms with Crippen molar-refractivity contribution in [2.24, 2.45) is 0 Å². The van der Waals surface area contributed by atoms with E-state index in [-0.39, 0.29) is 17.5 Å². The van der Waals surface area contributed by atoms with E-state index in [1.54, 1.807) is 30.3 Å². The Morgan fingerprint density at radius 2 is 1.39 bits per heavy atom. The van der Waals surface area contributed by atoms with Gasteiger partial charge in [-0.3, -0.25) is 14.4 Å². The number of nitrogens with one attached hydrogen (secondary N) is 2. The maximum absolute atomic E-state index is 13.5. The van der Waals surface area contributed by atoms with Crippen molar-refractivity contribution >= 4 is 40.4 Å². The van der Waals surface area contributed by atoms with Crippen LogP contribution < -0.4 is 15.5 Å². The number of carbonyl (C=O) groups excluding carboxylic acids is 3. The maximum Gasteiger partial charge on any atom is 0.282 e. The summed E-state index contributed by atoms with van der Waals surface area (Å²) in [6.07, 6.45) is 0. The minimum absolute atomic E-state index is 0.166. The lowest BCUT2D eigenvalue weighted by atomic mass is 10.0. The molecule has 0 fully saturated rings. The normalized spacial score (nSPS) is 13.5. The average molecular weight is 440 g/mol. The van der Waals surface area contributed by atoms with Crippen LogP contribution in [0.15, 0.2) is 72.4 Å². The van der Waals surface area contributed by atoms with E-state index in [9.17, 15) is 14.4 Å². The largest absolute Gasteiger partial charge is 0.350 e. The number of imide groups is 1. The number of hydrogen-bond acceptors (Lipinski definition) is 4. The quantitative estimate of drug-likeness (QED) is 0.551. The molecule has 0 unspecified atom stereocenters. The Morgan fingerprint density at radius 3 is 2.00 bits per heavy atom. The topological polar surface area (TPSA) is 78.5 Å². The van der Waals surface area contributed by atoms with Gasteiger partial charge in [0.1, 0.15) is 5.70 Å². The molecule has 0 bridgehead atoms. The zero-order valence-electron chi connectivity index (χ0n) is 19.0. The van der Waals surface area contributed by atoms with Crippen LogP contribution in [0.25, 0.3) is 5.57 Å². The van der Waals surface area contributed by atoms with Crippen molar-refractivity contribution in [1.82, 2.24) is 0 Å². The summed E-state index contributed by atoms with van der Waals surface area (Å²) in [5.41, 5.74) is 6.17. The van der Waals surface area contributed by atoms with Gasteiger partial charge in [0.05, 0.1) is 11.3 Å². The molecule has 3 aromatic carbocycles. The molecule has 2 N–H and O–H groups in total. The molecular weight excluding hydrogens is 414 g/mol. The number of rotatable bonds is 5. The predicted octanol–water partition coefficient (Wildman–Crippen LogP) is 4.97. The molecule has 166 valence electrons. The van der Waals surface area contributed by atoms with Crippen LogP contribution in [0.2, 0.25) is 0 Å². The smallest absolute Gasteiger partial charge is 0.282 e. The van der Waals surface area contributed by atoms with E-state index in [1.165, 1.54) is 11.8 Å². The number of anilines is 3. The first kappa shape index (κ1) is 22.0. The zero-order chi connectivity index (χ0) is 23.7. The fraction of sp³-hybridized carbons (Fsp3) is 0.148. The summed E-state index contributed by atoms with van der Waals surface area (Å²) >= 11 is 0. The van der Waals surface area contributed by atoms with E-state index in [2.05, 4.69) is 10.6 Å². The molecule has 6 nitrogen and oxygen atoms in total. The van der Waals surface area contributed by atoms with E-state index in [0.717, 1.165) is 16.7 Å². The van der Waals surface area contributed by atoms with Gasteiger partial charge in [0.25, 0.3) is 11.8 Å². The molecule has 0 radical (unpaired) electrons. The van der Waals surface area contributed by atoms with E-state index < -0.39 is 5.91 Å². The molecule has 1 heterocycles. The lowest BCUT2D eigenvalue weighted by Gasteiger charge is -2.17. The summed E-state index contributed by atoms with van der Waals surface area (Å²) < 4.78 is 0. The van der Waals surface area contributed by atoms with Crippen LogP contribution in [0.4, 0.5) is 17.1 Å². The van der Waals surface area contributed by atoms with Crippen LogP contribution in [-0.4, -0.2) is 17.7 Å². The summed E-state index contributed by atoms with van der Waals surface area (Å²) in [5.74, 6) is -0.949. The minimum atomic E-state index is -0.412. The van der Waals surface area contributed by atoms with E-state index >= 15 is 0 Å². The summed E-state index contributed by atoms with van der Waals surface area (Å²) in [7, 11) is 0. The van der Waals surface area contributed by atoms with Gasteiger partial charge in [-0.05, 0) is 73.9 Å². The van der Waals surface area contributed by atoms with Crippen LogP contribution in [0, 0.1) is 20.8 Å². The molecule has 0 saturated carbocycles.